The Kier molecular flexibility index (Phi) is 3.05. The van der Waals surface area contributed by atoms with Crippen molar-refractivity contribution in [2.24, 2.45) is 5.16 Å². The number of aromatic nitrogens is 2. The molecule has 0 aromatic carbocycles. The Morgan fingerprint density at radius 2 is 2.27 bits per heavy atom. The lowest BCUT2D eigenvalue weighted by atomic mass is 10.4. The molecule has 1 aromatic rings. The van der Waals surface area contributed by atoms with Crippen LogP contribution in [0.15, 0.2) is 23.9 Å². The zero-order chi connectivity index (χ0) is 7.94. The summed E-state index contributed by atoms with van der Waals surface area (Å²) < 4.78 is 0. The summed E-state index contributed by atoms with van der Waals surface area (Å²) in [6.45, 7) is 2.45. The molecule has 0 aliphatic carbocycles. The molecule has 1 heterocycles. The van der Waals surface area contributed by atoms with Gasteiger partial charge in [0.2, 0.25) is 0 Å². The summed E-state index contributed by atoms with van der Waals surface area (Å²) in [6.07, 6.45) is 6.37. The molecular weight excluding hydrogens is 142 g/mol. The highest BCUT2D eigenvalue weighted by atomic mass is 16.6. The summed E-state index contributed by atoms with van der Waals surface area (Å²) in [5, 5.41) is 3.66. The van der Waals surface area contributed by atoms with Gasteiger partial charge in [0, 0.05) is 18.0 Å². The average molecular weight is 151 g/mol. The highest BCUT2D eigenvalue weighted by molar-refractivity contribution is 5.77. The quantitative estimate of drug-likeness (QED) is 0.475. The minimum atomic E-state index is 0.574. The first-order valence-electron chi connectivity index (χ1n) is 3.34. The molecule has 0 saturated heterocycles. The highest BCUT2D eigenvalue weighted by Gasteiger charge is 1.83. The monoisotopic (exact) mass is 151 g/mol. The molecule has 0 aliphatic heterocycles. The number of rotatable bonds is 3. The molecule has 58 valence electrons. The number of hydrogen-bond acceptors (Lipinski definition) is 4. The topological polar surface area (TPSA) is 47.4 Å². The predicted octanol–water partition coefficient (Wildman–Crippen LogP) is 0.847. The SMILES string of the molecule is CCON=Cc1cncnc1. The molecule has 1 aromatic heterocycles. The summed E-state index contributed by atoms with van der Waals surface area (Å²) in [4.78, 5) is 12.4. The van der Waals surface area contributed by atoms with Gasteiger partial charge in [-0.05, 0) is 6.92 Å². The van der Waals surface area contributed by atoms with Crippen molar-refractivity contribution in [1.29, 1.82) is 0 Å². The van der Waals surface area contributed by atoms with Gasteiger partial charge < -0.3 is 4.84 Å². The predicted molar refractivity (Wildman–Crippen MR) is 41.3 cm³/mol. The zero-order valence-electron chi connectivity index (χ0n) is 6.27. The van der Waals surface area contributed by atoms with Crippen LogP contribution in [-0.2, 0) is 4.84 Å². The van der Waals surface area contributed by atoms with E-state index in [1.54, 1.807) is 18.6 Å². The first-order valence-corrected chi connectivity index (χ1v) is 3.34. The fourth-order valence-electron chi connectivity index (χ4n) is 0.550. The molecule has 0 bridgehead atoms. The summed E-state index contributed by atoms with van der Waals surface area (Å²) in [5.41, 5.74) is 0.834. The van der Waals surface area contributed by atoms with Crippen LogP contribution in [0.3, 0.4) is 0 Å². The van der Waals surface area contributed by atoms with E-state index in [0.29, 0.717) is 6.61 Å². The number of oxime groups is 1. The molecule has 11 heavy (non-hydrogen) atoms. The maximum atomic E-state index is 4.75. The van der Waals surface area contributed by atoms with E-state index in [9.17, 15) is 0 Å². The second kappa shape index (κ2) is 4.38. The van der Waals surface area contributed by atoms with Crippen molar-refractivity contribution in [3.63, 3.8) is 0 Å². The summed E-state index contributed by atoms with van der Waals surface area (Å²) >= 11 is 0. The second-order valence-corrected chi connectivity index (χ2v) is 1.82. The molecule has 0 radical (unpaired) electrons. The Hall–Kier alpha value is -1.45. The molecule has 4 heteroatoms. The van der Waals surface area contributed by atoms with E-state index in [2.05, 4.69) is 15.1 Å². The van der Waals surface area contributed by atoms with Crippen LogP contribution in [0.5, 0.6) is 0 Å². The molecule has 0 saturated carbocycles. The molecule has 0 spiro atoms. The van der Waals surface area contributed by atoms with Gasteiger partial charge in [0.05, 0.1) is 6.21 Å². The van der Waals surface area contributed by atoms with E-state index in [0.717, 1.165) is 5.56 Å². The van der Waals surface area contributed by atoms with Crippen molar-refractivity contribution < 1.29 is 4.84 Å². The van der Waals surface area contributed by atoms with E-state index in [-0.39, 0.29) is 0 Å². The van der Waals surface area contributed by atoms with Gasteiger partial charge in [-0.25, -0.2) is 9.97 Å². The number of hydrogen-bond donors (Lipinski definition) is 0. The van der Waals surface area contributed by atoms with Crippen LogP contribution in [0.2, 0.25) is 0 Å². The molecule has 0 unspecified atom stereocenters. The van der Waals surface area contributed by atoms with Crippen LogP contribution in [0.1, 0.15) is 12.5 Å². The molecule has 1 rings (SSSR count). The van der Waals surface area contributed by atoms with Gasteiger partial charge in [0.25, 0.3) is 0 Å². The normalized spacial score (nSPS) is 10.3. The largest absolute Gasteiger partial charge is 0.396 e. The van der Waals surface area contributed by atoms with Crippen molar-refractivity contribution in [3.05, 3.63) is 24.3 Å². The lowest BCUT2D eigenvalue weighted by molar-refractivity contribution is 0.160. The van der Waals surface area contributed by atoms with E-state index in [1.807, 2.05) is 6.92 Å². The highest BCUT2D eigenvalue weighted by Crippen LogP contribution is 1.87. The van der Waals surface area contributed by atoms with Gasteiger partial charge in [-0.3, -0.25) is 0 Å². The maximum absolute atomic E-state index is 4.75. The summed E-state index contributed by atoms with van der Waals surface area (Å²) in [6, 6.07) is 0. The molecule has 0 amide bonds. The fraction of sp³-hybridized carbons (Fsp3) is 0.286. The molecule has 0 aliphatic rings. The third-order valence-electron chi connectivity index (χ3n) is 0.986. The van der Waals surface area contributed by atoms with E-state index in [4.69, 9.17) is 4.84 Å². The lowest BCUT2D eigenvalue weighted by Crippen LogP contribution is -1.86. The Morgan fingerprint density at radius 1 is 1.55 bits per heavy atom. The molecule has 4 nitrogen and oxygen atoms in total. The minimum absolute atomic E-state index is 0.574. The standard InChI is InChI=1S/C7H9N3O/c1-2-11-10-5-7-3-8-6-9-4-7/h3-6H,2H2,1H3. The van der Waals surface area contributed by atoms with Crippen LogP contribution in [0.25, 0.3) is 0 Å². The van der Waals surface area contributed by atoms with Gasteiger partial charge in [0.1, 0.15) is 12.9 Å². The Morgan fingerprint density at radius 3 is 2.91 bits per heavy atom. The van der Waals surface area contributed by atoms with Gasteiger partial charge >= 0.3 is 0 Å². The van der Waals surface area contributed by atoms with Gasteiger partial charge in [-0.1, -0.05) is 5.16 Å². The van der Waals surface area contributed by atoms with E-state index >= 15 is 0 Å². The Balaban J connectivity index is 2.50. The van der Waals surface area contributed by atoms with Crippen molar-refractivity contribution in [2.45, 2.75) is 6.92 Å². The van der Waals surface area contributed by atoms with Crippen LogP contribution >= 0.6 is 0 Å². The van der Waals surface area contributed by atoms with Gasteiger partial charge in [-0.15, -0.1) is 0 Å². The molecule has 0 N–H and O–H groups in total. The van der Waals surface area contributed by atoms with Crippen LogP contribution in [-0.4, -0.2) is 22.8 Å². The van der Waals surface area contributed by atoms with Gasteiger partial charge in [0.15, 0.2) is 0 Å². The maximum Gasteiger partial charge on any atom is 0.115 e. The number of nitrogens with zero attached hydrogens (tertiary/aromatic N) is 3. The molecule has 0 atom stereocenters. The third-order valence-corrected chi connectivity index (χ3v) is 0.986. The fourth-order valence-corrected chi connectivity index (χ4v) is 0.550. The van der Waals surface area contributed by atoms with Crippen molar-refractivity contribution in [1.82, 2.24) is 9.97 Å². The first kappa shape index (κ1) is 7.65. The minimum Gasteiger partial charge on any atom is -0.396 e. The van der Waals surface area contributed by atoms with Gasteiger partial charge in [-0.2, -0.15) is 0 Å². The van der Waals surface area contributed by atoms with Crippen LogP contribution in [0, 0.1) is 0 Å². The zero-order valence-corrected chi connectivity index (χ0v) is 6.27. The smallest absolute Gasteiger partial charge is 0.115 e. The Labute approximate surface area is 64.9 Å². The van der Waals surface area contributed by atoms with E-state index in [1.165, 1.54) is 6.33 Å². The van der Waals surface area contributed by atoms with Crippen LogP contribution in [0.4, 0.5) is 0 Å². The average Bonchev–Trinajstić information content (AvgIpc) is 2.07. The van der Waals surface area contributed by atoms with Crippen molar-refractivity contribution in [3.8, 4) is 0 Å². The van der Waals surface area contributed by atoms with Crippen LogP contribution < -0.4 is 0 Å². The third kappa shape index (κ3) is 2.75. The summed E-state index contributed by atoms with van der Waals surface area (Å²) in [7, 11) is 0. The molecular formula is C7H9N3O. The van der Waals surface area contributed by atoms with E-state index < -0.39 is 0 Å². The summed E-state index contributed by atoms with van der Waals surface area (Å²) in [5.74, 6) is 0. The Bertz CT molecular complexity index is 222. The molecule has 0 fully saturated rings. The first-order chi connectivity index (χ1) is 5.43. The van der Waals surface area contributed by atoms with Crippen molar-refractivity contribution in [2.75, 3.05) is 6.61 Å². The lowest BCUT2D eigenvalue weighted by Gasteiger charge is -1.90. The van der Waals surface area contributed by atoms with Crippen molar-refractivity contribution >= 4 is 6.21 Å². The second-order valence-electron chi connectivity index (χ2n) is 1.82.